The van der Waals surface area contributed by atoms with E-state index in [0.717, 1.165) is 6.08 Å². The van der Waals surface area contributed by atoms with E-state index >= 15 is 0 Å². The van der Waals surface area contributed by atoms with Crippen molar-refractivity contribution in [3.05, 3.63) is 42.5 Å². The Bertz CT molecular complexity index is 399. The van der Waals surface area contributed by atoms with Gasteiger partial charge in [-0.3, -0.25) is 4.79 Å². The maximum absolute atomic E-state index is 11.4. The molecule has 0 atom stereocenters. The molecule has 4 heteroatoms. The summed E-state index contributed by atoms with van der Waals surface area (Å²) in [5.41, 5.74) is 6.14. The van der Waals surface area contributed by atoms with Crippen molar-refractivity contribution in [1.29, 1.82) is 0 Å². The van der Waals surface area contributed by atoms with Gasteiger partial charge in [0.05, 0.1) is 5.56 Å². The van der Waals surface area contributed by atoms with Crippen molar-refractivity contribution in [3.63, 3.8) is 0 Å². The molecule has 0 fully saturated rings. The number of para-hydroxylation sites is 1. The summed E-state index contributed by atoms with van der Waals surface area (Å²) in [6.45, 7) is 2.95. The van der Waals surface area contributed by atoms with Gasteiger partial charge in [0.25, 0.3) is 0 Å². The first-order valence-corrected chi connectivity index (χ1v) is 4.32. The van der Waals surface area contributed by atoms with E-state index in [1.165, 1.54) is 6.07 Å². The molecule has 1 rings (SSSR count). The van der Waals surface area contributed by atoms with Crippen LogP contribution in [0.4, 0.5) is 5.69 Å². The number of nitrogens with two attached hydrogens (primary N) is 1. The highest BCUT2D eigenvalue weighted by Crippen LogP contribution is 2.11. The summed E-state index contributed by atoms with van der Waals surface area (Å²) in [4.78, 5) is 22.2. The molecule has 0 radical (unpaired) electrons. The number of esters is 1. The van der Waals surface area contributed by atoms with Crippen LogP contribution in [0.15, 0.2) is 36.9 Å². The second kappa shape index (κ2) is 4.95. The number of anilines is 1. The van der Waals surface area contributed by atoms with E-state index in [9.17, 15) is 9.59 Å². The van der Waals surface area contributed by atoms with Gasteiger partial charge in [-0.1, -0.05) is 18.7 Å². The van der Waals surface area contributed by atoms with Gasteiger partial charge in [-0.2, -0.15) is 0 Å². The van der Waals surface area contributed by atoms with Gasteiger partial charge in [-0.25, -0.2) is 4.79 Å². The number of nitrogen functional groups attached to an aromatic ring is 1. The Balaban J connectivity index is 2.66. The molecule has 15 heavy (non-hydrogen) atoms. The Hall–Kier alpha value is -2.10. The quantitative estimate of drug-likeness (QED) is 0.455. The number of rotatable bonds is 4. The number of hydrogen-bond donors (Lipinski definition) is 1. The van der Waals surface area contributed by atoms with Crippen molar-refractivity contribution in [1.82, 2.24) is 0 Å². The average Bonchev–Trinajstić information content (AvgIpc) is 2.26. The summed E-state index contributed by atoms with van der Waals surface area (Å²) in [7, 11) is 0. The Morgan fingerprint density at radius 3 is 2.67 bits per heavy atom. The van der Waals surface area contributed by atoms with Crippen LogP contribution in [0, 0.1) is 0 Å². The third-order valence-corrected chi connectivity index (χ3v) is 1.75. The summed E-state index contributed by atoms with van der Waals surface area (Å²) < 4.78 is 4.72. The average molecular weight is 205 g/mol. The lowest BCUT2D eigenvalue weighted by Crippen LogP contribution is -2.13. The van der Waals surface area contributed by atoms with Crippen molar-refractivity contribution in [2.75, 3.05) is 12.3 Å². The molecule has 0 aliphatic carbocycles. The fourth-order valence-electron chi connectivity index (χ4n) is 0.956. The van der Waals surface area contributed by atoms with Crippen molar-refractivity contribution in [3.8, 4) is 0 Å². The summed E-state index contributed by atoms with van der Waals surface area (Å²) >= 11 is 0. The molecule has 0 aliphatic rings. The molecule has 0 spiro atoms. The molecule has 0 aromatic heterocycles. The van der Waals surface area contributed by atoms with Crippen LogP contribution >= 0.6 is 0 Å². The molecule has 0 amide bonds. The first-order chi connectivity index (χ1) is 7.15. The summed E-state index contributed by atoms with van der Waals surface area (Å²) in [5.74, 6) is -0.957. The van der Waals surface area contributed by atoms with Crippen LogP contribution in [0.3, 0.4) is 0 Å². The number of carbonyl (C=O) groups is 2. The number of benzene rings is 1. The maximum Gasteiger partial charge on any atom is 0.340 e. The van der Waals surface area contributed by atoms with Crippen LogP contribution in [-0.4, -0.2) is 18.4 Å². The van der Waals surface area contributed by atoms with Crippen molar-refractivity contribution in [2.45, 2.75) is 0 Å². The zero-order valence-electron chi connectivity index (χ0n) is 8.10. The molecular weight excluding hydrogens is 194 g/mol. The SMILES string of the molecule is C=CC(=O)COC(=O)c1ccccc1N. The summed E-state index contributed by atoms with van der Waals surface area (Å²) in [5, 5.41) is 0. The third-order valence-electron chi connectivity index (χ3n) is 1.75. The zero-order chi connectivity index (χ0) is 11.3. The number of ketones is 1. The fraction of sp³-hybridized carbons (Fsp3) is 0.0909. The van der Waals surface area contributed by atoms with Crippen LogP contribution < -0.4 is 5.73 Å². The maximum atomic E-state index is 11.4. The Morgan fingerprint density at radius 1 is 1.40 bits per heavy atom. The van der Waals surface area contributed by atoms with Gasteiger partial charge in [0, 0.05) is 5.69 Å². The second-order valence-corrected chi connectivity index (χ2v) is 2.83. The van der Waals surface area contributed by atoms with Gasteiger partial charge in [-0.05, 0) is 18.2 Å². The van der Waals surface area contributed by atoms with E-state index in [1.807, 2.05) is 0 Å². The van der Waals surface area contributed by atoms with Gasteiger partial charge < -0.3 is 10.5 Å². The number of hydrogen-bond acceptors (Lipinski definition) is 4. The molecule has 4 nitrogen and oxygen atoms in total. The number of carbonyl (C=O) groups excluding carboxylic acids is 2. The van der Waals surface area contributed by atoms with E-state index in [1.54, 1.807) is 18.2 Å². The molecule has 0 saturated carbocycles. The highest BCUT2D eigenvalue weighted by atomic mass is 16.5. The number of ether oxygens (including phenoxy) is 1. The lowest BCUT2D eigenvalue weighted by molar-refractivity contribution is -0.117. The zero-order valence-corrected chi connectivity index (χ0v) is 8.10. The first kappa shape index (κ1) is 11.0. The van der Waals surface area contributed by atoms with Gasteiger partial charge in [0.2, 0.25) is 0 Å². The molecule has 1 aromatic rings. The molecule has 0 saturated heterocycles. The minimum absolute atomic E-state index is 0.259. The van der Waals surface area contributed by atoms with Crippen LogP contribution in [0.5, 0.6) is 0 Å². The predicted octanol–water partition coefficient (Wildman–Crippen LogP) is 1.18. The van der Waals surface area contributed by atoms with E-state index in [0.29, 0.717) is 5.69 Å². The Labute approximate surface area is 87.3 Å². The summed E-state index contributed by atoms with van der Waals surface area (Å²) in [6.07, 6.45) is 1.10. The lowest BCUT2D eigenvalue weighted by Gasteiger charge is -2.04. The second-order valence-electron chi connectivity index (χ2n) is 2.83. The monoisotopic (exact) mass is 205 g/mol. The highest BCUT2D eigenvalue weighted by molar-refractivity contribution is 5.97. The first-order valence-electron chi connectivity index (χ1n) is 4.32. The Kier molecular flexibility index (Phi) is 3.62. The highest BCUT2D eigenvalue weighted by Gasteiger charge is 2.10. The van der Waals surface area contributed by atoms with Crippen molar-refractivity contribution >= 4 is 17.4 Å². The Morgan fingerprint density at radius 2 is 2.07 bits per heavy atom. The van der Waals surface area contributed by atoms with Gasteiger partial charge in [0.15, 0.2) is 12.4 Å². The van der Waals surface area contributed by atoms with E-state index in [2.05, 4.69) is 6.58 Å². The van der Waals surface area contributed by atoms with Crippen LogP contribution in [0.2, 0.25) is 0 Å². The van der Waals surface area contributed by atoms with Crippen LogP contribution in [0.25, 0.3) is 0 Å². The van der Waals surface area contributed by atoms with E-state index in [-0.39, 0.29) is 18.0 Å². The lowest BCUT2D eigenvalue weighted by atomic mass is 10.2. The molecular formula is C11H11NO3. The topological polar surface area (TPSA) is 69.4 Å². The minimum atomic E-state index is -0.608. The molecule has 1 aromatic carbocycles. The predicted molar refractivity (Wildman–Crippen MR) is 56.3 cm³/mol. The van der Waals surface area contributed by atoms with E-state index < -0.39 is 5.97 Å². The molecule has 0 bridgehead atoms. The molecule has 0 heterocycles. The van der Waals surface area contributed by atoms with Crippen molar-refractivity contribution < 1.29 is 14.3 Å². The fourth-order valence-corrected chi connectivity index (χ4v) is 0.956. The standard InChI is InChI=1S/C11H11NO3/c1-2-8(13)7-15-11(14)9-5-3-4-6-10(9)12/h2-6H,1,7,12H2. The summed E-state index contributed by atoms with van der Waals surface area (Å²) in [6, 6.07) is 6.51. The molecule has 78 valence electrons. The molecule has 2 N–H and O–H groups in total. The smallest absolute Gasteiger partial charge is 0.340 e. The van der Waals surface area contributed by atoms with Gasteiger partial charge in [-0.15, -0.1) is 0 Å². The molecule has 0 unspecified atom stereocenters. The van der Waals surface area contributed by atoms with Crippen molar-refractivity contribution in [2.24, 2.45) is 0 Å². The van der Waals surface area contributed by atoms with Gasteiger partial charge in [0.1, 0.15) is 0 Å². The van der Waals surface area contributed by atoms with Crippen LogP contribution in [0.1, 0.15) is 10.4 Å². The van der Waals surface area contributed by atoms with E-state index in [4.69, 9.17) is 10.5 Å². The van der Waals surface area contributed by atoms with Crippen LogP contribution in [-0.2, 0) is 9.53 Å². The van der Waals surface area contributed by atoms with Gasteiger partial charge >= 0.3 is 5.97 Å². The third kappa shape index (κ3) is 2.95. The minimum Gasteiger partial charge on any atom is -0.454 e. The normalized spacial score (nSPS) is 9.33. The largest absolute Gasteiger partial charge is 0.454 e. The molecule has 0 aliphatic heterocycles.